The molecule has 0 heterocycles. The Morgan fingerprint density at radius 3 is 2.39 bits per heavy atom. The molecule has 0 unspecified atom stereocenters. The Labute approximate surface area is 197 Å². The number of hydrogen-bond acceptors (Lipinski definition) is 4. The topological polar surface area (TPSA) is 91.2 Å². The summed E-state index contributed by atoms with van der Waals surface area (Å²) in [7, 11) is 0. The maximum absolute atomic E-state index is 12.5. The van der Waals surface area contributed by atoms with E-state index in [-0.39, 0.29) is 18.1 Å². The summed E-state index contributed by atoms with van der Waals surface area (Å²) in [4.78, 5) is 24.6. The van der Waals surface area contributed by atoms with Crippen LogP contribution in [0.2, 0.25) is 5.02 Å². The minimum absolute atomic E-state index is 0.0249. The van der Waals surface area contributed by atoms with Crippen LogP contribution in [0.3, 0.4) is 0 Å². The quantitative estimate of drug-likeness (QED) is 0.359. The third-order valence-corrected chi connectivity index (χ3v) is 5.18. The molecule has 33 heavy (non-hydrogen) atoms. The number of carbonyl (C=O) groups excluding carboxylic acids is 2. The van der Waals surface area contributed by atoms with Gasteiger partial charge >= 0.3 is 0 Å². The number of nitriles is 1. The summed E-state index contributed by atoms with van der Waals surface area (Å²) in [5, 5.41) is 15.4. The predicted octanol–water partition coefficient (Wildman–Crippen LogP) is 5.52. The molecule has 6 nitrogen and oxygen atoms in total. The summed E-state index contributed by atoms with van der Waals surface area (Å²) >= 11 is 6.07. The van der Waals surface area contributed by atoms with Crippen molar-refractivity contribution in [3.05, 3.63) is 94.0 Å². The first-order valence-electron chi connectivity index (χ1n) is 10.1. The van der Waals surface area contributed by atoms with E-state index >= 15 is 0 Å². The molecule has 2 amide bonds. The number of para-hydroxylation sites is 1. The van der Waals surface area contributed by atoms with E-state index in [1.54, 1.807) is 42.5 Å². The highest BCUT2D eigenvalue weighted by Gasteiger charge is 2.11. The minimum atomic E-state index is -0.486. The zero-order valence-corrected chi connectivity index (χ0v) is 18.9. The third-order valence-electron chi connectivity index (χ3n) is 4.77. The Morgan fingerprint density at radius 1 is 1.00 bits per heavy atom. The zero-order valence-electron chi connectivity index (χ0n) is 18.2. The molecule has 0 aliphatic carbocycles. The first-order valence-corrected chi connectivity index (χ1v) is 10.5. The van der Waals surface area contributed by atoms with Gasteiger partial charge < -0.3 is 15.4 Å². The Balaban J connectivity index is 1.58. The molecule has 0 saturated heterocycles. The molecule has 7 heteroatoms. The zero-order chi connectivity index (χ0) is 23.8. The lowest BCUT2D eigenvalue weighted by Crippen LogP contribution is -2.20. The molecule has 0 bridgehead atoms. The average Bonchev–Trinajstić information content (AvgIpc) is 2.80. The fourth-order valence-electron chi connectivity index (χ4n) is 2.89. The summed E-state index contributed by atoms with van der Waals surface area (Å²) in [5.74, 6) is -0.328. The van der Waals surface area contributed by atoms with Gasteiger partial charge in [-0.25, -0.2) is 0 Å². The Bertz CT molecular complexity index is 1240. The highest BCUT2D eigenvalue weighted by Crippen LogP contribution is 2.20. The van der Waals surface area contributed by atoms with Gasteiger partial charge in [-0.3, -0.25) is 9.59 Å². The van der Waals surface area contributed by atoms with Crippen molar-refractivity contribution in [2.45, 2.75) is 13.8 Å². The molecular weight excluding hydrogens is 438 g/mol. The minimum Gasteiger partial charge on any atom is -0.484 e. The van der Waals surface area contributed by atoms with Crippen LogP contribution >= 0.6 is 11.6 Å². The van der Waals surface area contributed by atoms with E-state index in [2.05, 4.69) is 10.6 Å². The van der Waals surface area contributed by atoms with E-state index in [0.717, 1.165) is 11.1 Å². The lowest BCUT2D eigenvalue weighted by molar-refractivity contribution is -0.118. The maximum atomic E-state index is 12.5. The first-order chi connectivity index (χ1) is 15.9. The number of nitrogens with zero attached hydrogens (tertiary/aromatic N) is 1. The van der Waals surface area contributed by atoms with Crippen molar-refractivity contribution in [3.8, 4) is 11.8 Å². The lowest BCUT2D eigenvalue weighted by Gasteiger charge is -2.09. The summed E-state index contributed by atoms with van der Waals surface area (Å²) in [5.41, 5.74) is 3.69. The second kappa shape index (κ2) is 11.0. The number of hydrogen-bond donors (Lipinski definition) is 2. The Hall–Kier alpha value is -4.08. The molecule has 3 aromatic carbocycles. The molecule has 166 valence electrons. The van der Waals surface area contributed by atoms with Crippen molar-refractivity contribution in [2.75, 3.05) is 17.2 Å². The van der Waals surface area contributed by atoms with Gasteiger partial charge in [-0.1, -0.05) is 48.0 Å². The van der Waals surface area contributed by atoms with Gasteiger partial charge in [-0.2, -0.15) is 5.26 Å². The van der Waals surface area contributed by atoms with Crippen LogP contribution in [0.4, 0.5) is 11.4 Å². The molecule has 0 atom stereocenters. The van der Waals surface area contributed by atoms with Crippen LogP contribution < -0.4 is 15.4 Å². The van der Waals surface area contributed by atoms with Gasteiger partial charge in [0.05, 0.1) is 0 Å². The Kier molecular flexibility index (Phi) is 7.85. The van der Waals surface area contributed by atoms with Gasteiger partial charge in [-0.15, -0.1) is 0 Å². The predicted molar refractivity (Wildman–Crippen MR) is 130 cm³/mol. The number of ether oxygens (including phenoxy) is 1. The third kappa shape index (κ3) is 6.70. The van der Waals surface area contributed by atoms with E-state index in [1.165, 1.54) is 6.08 Å². The number of rotatable bonds is 7. The summed E-state index contributed by atoms with van der Waals surface area (Å²) < 4.78 is 5.51. The van der Waals surface area contributed by atoms with Crippen LogP contribution in [-0.2, 0) is 9.59 Å². The van der Waals surface area contributed by atoms with E-state index in [9.17, 15) is 14.9 Å². The monoisotopic (exact) mass is 459 g/mol. The molecule has 0 aromatic heterocycles. The standard InChI is InChI=1S/C26H22ClN3O3/c1-17-7-10-21(14-23(17)27)29-25(31)16-33-22-11-8-19(9-12-22)13-20(15-28)26(32)30-24-6-4-3-5-18(24)2/h3-14H,16H2,1-2H3,(H,29,31)(H,30,32)/b20-13-. The van der Waals surface area contributed by atoms with Crippen molar-refractivity contribution >= 4 is 40.9 Å². The average molecular weight is 460 g/mol. The molecule has 0 radical (unpaired) electrons. The number of halogens is 1. The molecule has 0 aliphatic heterocycles. The van der Waals surface area contributed by atoms with Crippen LogP contribution in [0.1, 0.15) is 16.7 Å². The fraction of sp³-hybridized carbons (Fsp3) is 0.115. The van der Waals surface area contributed by atoms with Gasteiger partial charge in [0.15, 0.2) is 6.61 Å². The smallest absolute Gasteiger partial charge is 0.266 e. The van der Waals surface area contributed by atoms with E-state index in [0.29, 0.717) is 27.7 Å². The van der Waals surface area contributed by atoms with Crippen LogP contribution in [0.25, 0.3) is 6.08 Å². The van der Waals surface area contributed by atoms with Crippen molar-refractivity contribution in [3.63, 3.8) is 0 Å². The number of anilines is 2. The van der Waals surface area contributed by atoms with Crippen molar-refractivity contribution in [2.24, 2.45) is 0 Å². The molecule has 0 aliphatic rings. The molecule has 2 N–H and O–H groups in total. The first kappa shape index (κ1) is 23.6. The number of carbonyl (C=O) groups is 2. The van der Waals surface area contributed by atoms with Gasteiger partial charge in [0.1, 0.15) is 17.4 Å². The largest absolute Gasteiger partial charge is 0.484 e. The highest BCUT2D eigenvalue weighted by molar-refractivity contribution is 6.31. The van der Waals surface area contributed by atoms with Crippen LogP contribution in [-0.4, -0.2) is 18.4 Å². The van der Waals surface area contributed by atoms with Crippen molar-refractivity contribution in [1.82, 2.24) is 0 Å². The molecular formula is C26H22ClN3O3. The van der Waals surface area contributed by atoms with Crippen molar-refractivity contribution in [1.29, 1.82) is 5.26 Å². The summed E-state index contributed by atoms with van der Waals surface area (Å²) in [6.07, 6.45) is 1.49. The maximum Gasteiger partial charge on any atom is 0.266 e. The van der Waals surface area contributed by atoms with Crippen LogP contribution in [0.5, 0.6) is 5.75 Å². The molecule has 0 saturated carbocycles. The number of nitrogens with one attached hydrogen (secondary N) is 2. The Morgan fingerprint density at radius 2 is 1.73 bits per heavy atom. The van der Waals surface area contributed by atoms with E-state index in [1.807, 2.05) is 44.2 Å². The number of amides is 2. The summed E-state index contributed by atoms with van der Waals surface area (Å²) in [6, 6.07) is 21.3. The lowest BCUT2D eigenvalue weighted by atomic mass is 10.1. The van der Waals surface area contributed by atoms with Crippen LogP contribution in [0, 0.1) is 25.2 Å². The van der Waals surface area contributed by atoms with Gasteiger partial charge in [0.2, 0.25) is 0 Å². The highest BCUT2D eigenvalue weighted by atomic mass is 35.5. The van der Waals surface area contributed by atoms with Crippen molar-refractivity contribution < 1.29 is 14.3 Å². The molecule has 3 rings (SSSR count). The number of benzene rings is 3. The van der Waals surface area contributed by atoms with Gasteiger partial charge in [0.25, 0.3) is 11.8 Å². The second-order valence-corrected chi connectivity index (χ2v) is 7.72. The SMILES string of the molecule is Cc1ccc(NC(=O)COc2ccc(/C=C(/C#N)C(=O)Nc3ccccc3C)cc2)cc1Cl. The molecule has 0 fully saturated rings. The summed E-state index contributed by atoms with van der Waals surface area (Å²) in [6.45, 7) is 3.58. The van der Waals surface area contributed by atoms with Crippen LogP contribution in [0.15, 0.2) is 72.3 Å². The fourth-order valence-corrected chi connectivity index (χ4v) is 3.08. The van der Waals surface area contributed by atoms with Gasteiger partial charge in [0, 0.05) is 16.4 Å². The van der Waals surface area contributed by atoms with E-state index in [4.69, 9.17) is 16.3 Å². The van der Waals surface area contributed by atoms with Gasteiger partial charge in [-0.05, 0) is 66.9 Å². The number of aryl methyl sites for hydroxylation is 2. The second-order valence-electron chi connectivity index (χ2n) is 7.31. The normalized spacial score (nSPS) is 10.8. The van der Waals surface area contributed by atoms with E-state index < -0.39 is 5.91 Å². The molecule has 3 aromatic rings. The molecule has 0 spiro atoms.